The summed E-state index contributed by atoms with van der Waals surface area (Å²) in [5.41, 5.74) is 1.15. The van der Waals surface area contributed by atoms with E-state index in [2.05, 4.69) is 15.7 Å². The number of aromatic nitrogens is 1. The summed E-state index contributed by atoms with van der Waals surface area (Å²) in [6, 6.07) is 0.359. The van der Waals surface area contributed by atoms with Crippen molar-refractivity contribution in [3.63, 3.8) is 0 Å². The van der Waals surface area contributed by atoms with E-state index >= 15 is 0 Å². The smallest absolute Gasteiger partial charge is 0.0951 e. The molecule has 1 aliphatic rings. The van der Waals surface area contributed by atoms with Gasteiger partial charge in [0.1, 0.15) is 0 Å². The van der Waals surface area contributed by atoms with Gasteiger partial charge in [0.15, 0.2) is 0 Å². The Morgan fingerprint density at radius 2 is 2.44 bits per heavy atom. The first kappa shape index (κ1) is 12.0. The van der Waals surface area contributed by atoms with E-state index in [9.17, 15) is 0 Å². The van der Waals surface area contributed by atoms with Gasteiger partial charge in [-0.05, 0) is 6.42 Å². The van der Waals surface area contributed by atoms with Crippen LogP contribution in [0.25, 0.3) is 0 Å². The number of thiazole rings is 1. The third kappa shape index (κ3) is 2.79. The van der Waals surface area contributed by atoms with E-state index in [1.165, 1.54) is 0 Å². The van der Waals surface area contributed by atoms with Crippen molar-refractivity contribution in [2.45, 2.75) is 25.0 Å². The molecule has 0 aromatic carbocycles. The lowest BCUT2D eigenvalue weighted by atomic mass is 10.1. The predicted octanol–water partition coefficient (Wildman–Crippen LogP) is 1.38. The predicted molar refractivity (Wildman–Crippen MR) is 63.9 cm³/mol. The number of ether oxygens (including phenoxy) is 2. The Balaban J connectivity index is 1.92. The van der Waals surface area contributed by atoms with Crippen molar-refractivity contribution in [2.24, 2.45) is 0 Å². The van der Waals surface area contributed by atoms with Gasteiger partial charge < -0.3 is 14.8 Å². The van der Waals surface area contributed by atoms with Gasteiger partial charge in [-0.1, -0.05) is 0 Å². The lowest BCUT2D eigenvalue weighted by Gasteiger charge is -2.06. The standard InChI is InChI=1S/C11H18N2O2S/c1-14-4-3-11-13-10(7-16-11)9-5-8(15-2)6-12-9/h7-9,12H,3-6H2,1-2H3. The van der Waals surface area contributed by atoms with Crippen LogP contribution in [0, 0.1) is 0 Å². The molecule has 2 atom stereocenters. The lowest BCUT2D eigenvalue weighted by Crippen LogP contribution is -2.16. The fraction of sp³-hybridized carbons (Fsp3) is 0.727. The zero-order valence-electron chi connectivity index (χ0n) is 9.73. The summed E-state index contributed by atoms with van der Waals surface area (Å²) in [6.45, 7) is 1.66. The highest BCUT2D eigenvalue weighted by Gasteiger charge is 2.26. The number of rotatable bonds is 5. The topological polar surface area (TPSA) is 43.4 Å². The first-order valence-corrected chi connectivity index (χ1v) is 6.41. The van der Waals surface area contributed by atoms with Crippen molar-refractivity contribution < 1.29 is 9.47 Å². The first-order valence-electron chi connectivity index (χ1n) is 5.53. The summed E-state index contributed by atoms with van der Waals surface area (Å²) in [4.78, 5) is 4.62. The molecule has 1 fully saturated rings. The molecule has 1 saturated heterocycles. The molecule has 0 amide bonds. The molecule has 2 heterocycles. The molecule has 2 rings (SSSR count). The van der Waals surface area contributed by atoms with Crippen LogP contribution in [0.4, 0.5) is 0 Å². The minimum atomic E-state index is 0.328. The molecule has 0 spiro atoms. The maximum atomic E-state index is 5.33. The van der Waals surface area contributed by atoms with Crippen molar-refractivity contribution in [2.75, 3.05) is 27.4 Å². The van der Waals surface area contributed by atoms with E-state index in [0.29, 0.717) is 12.1 Å². The molecule has 90 valence electrons. The van der Waals surface area contributed by atoms with Crippen LogP contribution in [-0.2, 0) is 15.9 Å². The molecule has 2 unspecified atom stereocenters. The van der Waals surface area contributed by atoms with Crippen molar-refractivity contribution in [3.05, 3.63) is 16.1 Å². The van der Waals surface area contributed by atoms with Crippen LogP contribution >= 0.6 is 11.3 Å². The van der Waals surface area contributed by atoms with Gasteiger partial charge in [-0.2, -0.15) is 0 Å². The minimum Gasteiger partial charge on any atom is -0.384 e. The van der Waals surface area contributed by atoms with Gasteiger partial charge >= 0.3 is 0 Å². The van der Waals surface area contributed by atoms with Crippen molar-refractivity contribution in [3.8, 4) is 0 Å². The fourth-order valence-electron chi connectivity index (χ4n) is 1.90. The number of nitrogens with one attached hydrogen (secondary N) is 1. The Hall–Kier alpha value is -0.490. The number of hydrogen-bond donors (Lipinski definition) is 1. The van der Waals surface area contributed by atoms with Crippen LogP contribution in [0.2, 0.25) is 0 Å². The maximum absolute atomic E-state index is 5.33. The highest BCUT2D eigenvalue weighted by Crippen LogP contribution is 2.26. The molecule has 0 radical (unpaired) electrons. The van der Waals surface area contributed by atoms with Crippen LogP contribution < -0.4 is 5.32 Å². The van der Waals surface area contributed by atoms with Gasteiger partial charge in [-0.25, -0.2) is 4.98 Å². The van der Waals surface area contributed by atoms with Gasteiger partial charge in [-0.15, -0.1) is 11.3 Å². The average molecular weight is 242 g/mol. The quantitative estimate of drug-likeness (QED) is 0.847. The van der Waals surface area contributed by atoms with Crippen LogP contribution in [0.5, 0.6) is 0 Å². The summed E-state index contributed by atoms with van der Waals surface area (Å²) >= 11 is 1.71. The van der Waals surface area contributed by atoms with Crippen LogP contribution in [0.15, 0.2) is 5.38 Å². The Labute approximate surface area is 100.0 Å². The monoisotopic (exact) mass is 242 g/mol. The lowest BCUT2D eigenvalue weighted by molar-refractivity contribution is 0.117. The van der Waals surface area contributed by atoms with Gasteiger partial charge in [0.05, 0.1) is 29.5 Å². The fourth-order valence-corrected chi connectivity index (χ4v) is 2.73. The highest BCUT2D eigenvalue weighted by molar-refractivity contribution is 7.09. The number of methoxy groups -OCH3 is 2. The highest BCUT2D eigenvalue weighted by atomic mass is 32.1. The van der Waals surface area contributed by atoms with Crippen LogP contribution in [0.3, 0.4) is 0 Å². The maximum Gasteiger partial charge on any atom is 0.0951 e. The molecule has 1 N–H and O–H groups in total. The molecule has 1 aromatic rings. The summed E-state index contributed by atoms with van der Waals surface area (Å²) in [6.07, 6.45) is 2.25. The summed E-state index contributed by atoms with van der Waals surface area (Å²) in [5, 5.41) is 6.72. The summed E-state index contributed by atoms with van der Waals surface area (Å²) in [5.74, 6) is 0. The third-order valence-corrected chi connectivity index (χ3v) is 3.80. The molecule has 0 aliphatic carbocycles. The summed E-state index contributed by atoms with van der Waals surface area (Å²) in [7, 11) is 3.48. The second kappa shape index (κ2) is 5.72. The Morgan fingerprint density at radius 1 is 1.56 bits per heavy atom. The molecule has 0 saturated carbocycles. The Bertz CT molecular complexity index is 330. The number of nitrogens with zero attached hydrogens (tertiary/aromatic N) is 1. The summed E-state index contributed by atoms with van der Waals surface area (Å²) < 4.78 is 10.4. The second-order valence-electron chi connectivity index (χ2n) is 3.96. The molecule has 5 heteroatoms. The largest absolute Gasteiger partial charge is 0.384 e. The van der Waals surface area contributed by atoms with E-state index in [4.69, 9.17) is 9.47 Å². The van der Waals surface area contributed by atoms with E-state index in [0.717, 1.165) is 36.7 Å². The normalized spacial score (nSPS) is 25.1. The first-order chi connectivity index (χ1) is 7.83. The number of hydrogen-bond acceptors (Lipinski definition) is 5. The molecule has 4 nitrogen and oxygen atoms in total. The van der Waals surface area contributed by atoms with Gasteiger partial charge in [0.25, 0.3) is 0 Å². The van der Waals surface area contributed by atoms with E-state index in [1.54, 1.807) is 25.6 Å². The molecular weight excluding hydrogens is 224 g/mol. The van der Waals surface area contributed by atoms with Crippen LogP contribution in [-0.4, -0.2) is 38.5 Å². The molecule has 16 heavy (non-hydrogen) atoms. The minimum absolute atomic E-state index is 0.328. The molecule has 1 aromatic heterocycles. The molecular formula is C11H18N2O2S. The Morgan fingerprint density at radius 3 is 3.12 bits per heavy atom. The van der Waals surface area contributed by atoms with E-state index < -0.39 is 0 Å². The van der Waals surface area contributed by atoms with Gasteiger partial charge in [0.2, 0.25) is 0 Å². The van der Waals surface area contributed by atoms with E-state index in [1.807, 2.05) is 0 Å². The van der Waals surface area contributed by atoms with Crippen molar-refractivity contribution >= 4 is 11.3 Å². The zero-order chi connectivity index (χ0) is 11.4. The van der Waals surface area contributed by atoms with Crippen molar-refractivity contribution in [1.29, 1.82) is 0 Å². The Kier molecular flexibility index (Phi) is 4.29. The third-order valence-electron chi connectivity index (χ3n) is 2.87. The molecule has 0 bridgehead atoms. The average Bonchev–Trinajstić information content (AvgIpc) is 2.94. The van der Waals surface area contributed by atoms with Crippen molar-refractivity contribution in [1.82, 2.24) is 10.3 Å². The van der Waals surface area contributed by atoms with E-state index in [-0.39, 0.29) is 0 Å². The van der Waals surface area contributed by atoms with Crippen LogP contribution in [0.1, 0.15) is 23.2 Å². The SMILES string of the molecule is COCCc1nc(C2CC(OC)CN2)cs1. The van der Waals surface area contributed by atoms with Gasteiger partial charge in [-0.3, -0.25) is 0 Å². The molecule has 1 aliphatic heterocycles. The van der Waals surface area contributed by atoms with Gasteiger partial charge in [0, 0.05) is 32.6 Å². The zero-order valence-corrected chi connectivity index (χ0v) is 10.5. The second-order valence-corrected chi connectivity index (χ2v) is 4.91.